The number of carbonyl (C=O) groups excluding carboxylic acids is 3. The second kappa shape index (κ2) is 59.6. The molecule has 0 unspecified atom stereocenters. The summed E-state index contributed by atoms with van der Waals surface area (Å²) in [4.78, 5) is 38.2. The van der Waals surface area contributed by atoms with E-state index in [1.165, 1.54) is 51.4 Å². The van der Waals surface area contributed by atoms with Gasteiger partial charge in [-0.1, -0.05) is 224 Å². The predicted molar refractivity (Wildman–Crippen MR) is 315 cm³/mol. The fourth-order valence-electron chi connectivity index (χ4n) is 7.16. The van der Waals surface area contributed by atoms with Gasteiger partial charge in [-0.25, -0.2) is 0 Å². The van der Waals surface area contributed by atoms with Crippen LogP contribution in [0.15, 0.2) is 158 Å². The van der Waals surface area contributed by atoms with E-state index in [-0.39, 0.29) is 31.6 Å². The molecule has 0 aliphatic carbocycles. The van der Waals surface area contributed by atoms with Crippen LogP contribution in [0.5, 0.6) is 0 Å². The first kappa shape index (κ1) is 68.0. The van der Waals surface area contributed by atoms with Gasteiger partial charge in [0.1, 0.15) is 13.2 Å². The molecule has 0 amide bonds. The Morgan fingerprint density at radius 2 is 0.562 bits per heavy atom. The molecule has 0 fully saturated rings. The molecule has 6 heteroatoms. The lowest BCUT2D eigenvalue weighted by Crippen LogP contribution is -2.30. The zero-order chi connectivity index (χ0) is 52.9. The number of rotatable bonds is 50. The van der Waals surface area contributed by atoms with Gasteiger partial charge in [0.25, 0.3) is 0 Å². The van der Waals surface area contributed by atoms with Crippen molar-refractivity contribution < 1.29 is 28.6 Å². The van der Waals surface area contributed by atoms with Crippen molar-refractivity contribution in [2.45, 2.75) is 232 Å². The summed E-state index contributed by atoms with van der Waals surface area (Å²) in [6.45, 7) is 6.34. The highest BCUT2D eigenvalue weighted by molar-refractivity contribution is 5.71. The largest absolute Gasteiger partial charge is 0.462 e. The SMILES string of the molecule is CC/C=C\C/C=C\C/C=C\C/C=C\C/C=C\C/C=C\CCC(=O)O[C@H](COC(=O)CCCCC/C=C\C/C=C\C/C=C\C/C=C\CCCCC)COC(=O)CCCCCC/C=C\C/C=C\C/C=C\CCCCC. The van der Waals surface area contributed by atoms with Crippen molar-refractivity contribution in [2.24, 2.45) is 0 Å². The lowest BCUT2D eigenvalue weighted by Gasteiger charge is -2.18. The Bertz CT molecular complexity index is 1670. The first-order valence-corrected chi connectivity index (χ1v) is 29.0. The normalized spacial score (nSPS) is 13.3. The van der Waals surface area contributed by atoms with Crippen molar-refractivity contribution in [3.05, 3.63) is 158 Å². The van der Waals surface area contributed by atoms with E-state index in [1.807, 2.05) is 12.2 Å². The highest BCUT2D eigenvalue weighted by Gasteiger charge is 2.19. The van der Waals surface area contributed by atoms with Crippen LogP contribution in [0.25, 0.3) is 0 Å². The summed E-state index contributed by atoms with van der Waals surface area (Å²) in [7, 11) is 0. The third-order valence-electron chi connectivity index (χ3n) is 11.5. The summed E-state index contributed by atoms with van der Waals surface area (Å²) in [6, 6.07) is 0. The van der Waals surface area contributed by atoms with Gasteiger partial charge in [-0.15, -0.1) is 0 Å². The number of carbonyl (C=O) groups is 3. The molecule has 0 aromatic carbocycles. The summed E-state index contributed by atoms with van der Waals surface area (Å²) in [5, 5.41) is 0. The molecule has 0 aliphatic heterocycles. The summed E-state index contributed by atoms with van der Waals surface area (Å²) in [5.74, 6) is -1.08. The average Bonchev–Trinajstić information content (AvgIpc) is 3.39. The van der Waals surface area contributed by atoms with Crippen LogP contribution >= 0.6 is 0 Å². The minimum Gasteiger partial charge on any atom is -0.462 e. The third kappa shape index (κ3) is 57.8. The van der Waals surface area contributed by atoms with E-state index in [4.69, 9.17) is 14.2 Å². The molecule has 0 bridgehead atoms. The average molecular weight is 1010 g/mol. The zero-order valence-corrected chi connectivity index (χ0v) is 46.6. The lowest BCUT2D eigenvalue weighted by molar-refractivity contribution is -0.166. The van der Waals surface area contributed by atoms with Crippen molar-refractivity contribution in [3.8, 4) is 0 Å². The van der Waals surface area contributed by atoms with Gasteiger partial charge in [-0.05, 0) is 141 Å². The highest BCUT2D eigenvalue weighted by atomic mass is 16.6. The first-order valence-electron chi connectivity index (χ1n) is 29.0. The van der Waals surface area contributed by atoms with Crippen molar-refractivity contribution in [2.75, 3.05) is 13.2 Å². The minimum absolute atomic E-state index is 0.138. The predicted octanol–water partition coefficient (Wildman–Crippen LogP) is 19.8. The Morgan fingerprint density at radius 3 is 0.890 bits per heavy atom. The maximum atomic E-state index is 12.8. The Labute approximate surface area is 448 Å². The van der Waals surface area contributed by atoms with Crippen LogP contribution in [-0.4, -0.2) is 37.2 Å². The Hall–Kier alpha value is -4.97. The summed E-state index contributed by atoms with van der Waals surface area (Å²) in [5.41, 5.74) is 0. The third-order valence-corrected chi connectivity index (χ3v) is 11.5. The molecule has 0 spiro atoms. The second-order valence-corrected chi connectivity index (χ2v) is 18.5. The van der Waals surface area contributed by atoms with Crippen LogP contribution in [0.4, 0.5) is 0 Å². The van der Waals surface area contributed by atoms with Crippen LogP contribution in [0.1, 0.15) is 226 Å². The van der Waals surface area contributed by atoms with Crippen LogP contribution in [-0.2, 0) is 28.6 Å². The number of hydrogen-bond donors (Lipinski definition) is 0. The molecule has 0 radical (unpaired) electrons. The van der Waals surface area contributed by atoms with Gasteiger partial charge in [0.05, 0.1) is 0 Å². The van der Waals surface area contributed by atoms with Gasteiger partial charge < -0.3 is 14.2 Å². The fourth-order valence-corrected chi connectivity index (χ4v) is 7.16. The van der Waals surface area contributed by atoms with Gasteiger partial charge in [-0.2, -0.15) is 0 Å². The number of allylic oxidation sites excluding steroid dienone is 26. The van der Waals surface area contributed by atoms with Gasteiger partial charge in [0.2, 0.25) is 0 Å². The first-order chi connectivity index (χ1) is 36.0. The molecule has 0 aliphatic rings. The Morgan fingerprint density at radius 1 is 0.288 bits per heavy atom. The topological polar surface area (TPSA) is 78.9 Å². The van der Waals surface area contributed by atoms with E-state index in [9.17, 15) is 14.4 Å². The van der Waals surface area contributed by atoms with E-state index in [2.05, 4.69) is 167 Å². The van der Waals surface area contributed by atoms with Crippen molar-refractivity contribution in [1.82, 2.24) is 0 Å². The summed E-state index contributed by atoms with van der Waals surface area (Å²) in [6.07, 6.45) is 86.7. The molecule has 73 heavy (non-hydrogen) atoms. The minimum atomic E-state index is -0.850. The van der Waals surface area contributed by atoms with Gasteiger partial charge in [0, 0.05) is 19.3 Å². The number of esters is 3. The zero-order valence-electron chi connectivity index (χ0n) is 46.6. The number of hydrogen-bond acceptors (Lipinski definition) is 6. The number of ether oxygens (including phenoxy) is 3. The molecule has 1 atom stereocenters. The standard InChI is InChI=1S/C67H104O6/c1-4-7-10-13-16-19-22-25-28-31-33-36-39-42-45-48-51-54-57-60-66(69)72-63-64(62-71-65(68)59-56-53-50-47-44-41-38-35-30-27-24-21-18-15-12-9-6-3)73-67(70)61-58-55-52-49-46-43-40-37-34-32-29-26-23-20-17-14-11-8-5-2/h8,11,16-21,25-30,33-34,36-38,41-43,45-46,52,55,64H,4-7,9-10,12-15,22-24,31-32,35,39-40,44,47-51,53-54,56-63H2,1-3H3/b11-8-,19-16-,20-17-,21-18-,28-25-,29-26-,30-27-,36-33-,37-34-,41-38-,45-42-,46-43-,55-52-/t64-/m0/s1. The maximum absolute atomic E-state index is 12.8. The van der Waals surface area contributed by atoms with Crippen LogP contribution in [0.3, 0.4) is 0 Å². The van der Waals surface area contributed by atoms with E-state index >= 15 is 0 Å². The molecule has 0 aromatic heterocycles. The van der Waals surface area contributed by atoms with Gasteiger partial charge in [0.15, 0.2) is 6.10 Å². The quantitative estimate of drug-likeness (QED) is 0.0261. The Kier molecular flexibility index (Phi) is 55.5. The summed E-state index contributed by atoms with van der Waals surface area (Å²) < 4.78 is 16.7. The van der Waals surface area contributed by atoms with Crippen LogP contribution < -0.4 is 0 Å². The molecule has 6 nitrogen and oxygen atoms in total. The molecule has 0 saturated heterocycles. The van der Waals surface area contributed by atoms with Gasteiger partial charge >= 0.3 is 17.9 Å². The van der Waals surface area contributed by atoms with Crippen molar-refractivity contribution in [3.63, 3.8) is 0 Å². The van der Waals surface area contributed by atoms with E-state index in [1.54, 1.807) is 0 Å². The van der Waals surface area contributed by atoms with E-state index in [0.29, 0.717) is 19.3 Å². The molecule has 0 N–H and O–H groups in total. The fraction of sp³-hybridized carbons (Fsp3) is 0.567. The van der Waals surface area contributed by atoms with Crippen molar-refractivity contribution in [1.29, 1.82) is 0 Å². The van der Waals surface area contributed by atoms with Crippen molar-refractivity contribution >= 4 is 17.9 Å². The summed E-state index contributed by atoms with van der Waals surface area (Å²) >= 11 is 0. The molecule has 408 valence electrons. The molecular weight excluding hydrogens is 901 g/mol. The molecule has 0 aromatic rings. The molecule has 0 rings (SSSR count). The monoisotopic (exact) mass is 1000 g/mol. The van der Waals surface area contributed by atoms with Crippen LogP contribution in [0.2, 0.25) is 0 Å². The highest BCUT2D eigenvalue weighted by Crippen LogP contribution is 2.11. The number of unbranched alkanes of at least 4 members (excludes halogenated alkanes) is 13. The second-order valence-electron chi connectivity index (χ2n) is 18.5. The molecule has 0 heterocycles. The Balaban J connectivity index is 4.64. The maximum Gasteiger partial charge on any atom is 0.306 e. The van der Waals surface area contributed by atoms with Crippen LogP contribution in [0, 0.1) is 0 Å². The van der Waals surface area contributed by atoms with E-state index in [0.717, 1.165) is 128 Å². The smallest absolute Gasteiger partial charge is 0.306 e. The molecule has 0 saturated carbocycles. The lowest BCUT2D eigenvalue weighted by atomic mass is 10.1. The van der Waals surface area contributed by atoms with E-state index < -0.39 is 12.1 Å². The van der Waals surface area contributed by atoms with Gasteiger partial charge in [-0.3, -0.25) is 14.4 Å². The molecular formula is C67H104O6.